The summed E-state index contributed by atoms with van der Waals surface area (Å²) in [6.07, 6.45) is 1.98. The van der Waals surface area contributed by atoms with Crippen molar-refractivity contribution in [2.45, 2.75) is 4.90 Å². The summed E-state index contributed by atoms with van der Waals surface area (Å²) in [5, 5.41) is 0. The fraction of sp³-hybridized carbons (Fsp3) is 0.211. The summed E-state index contributed by atoms with van der Waals surface area (Å²) < 4.78 is 5.38. The lowest BCUT2D eigenvalue weighted by Gasteiger charge is -2.28. The highest BCUT2D eigenvalue weighted by Crippen LogP contribution is 2.40. The van der Waals surface area contributed by atoms with Crippen molar-refractivity contribution < 1.29 is 9.53 Å². The van der Waals surface area contributed by atoms with Crippen molar-refractivity contribution >= 4 is 29.3 Å². The second-order valence-electron chi connectivity index (χ2n) is 5.63. The molecule has 0 aliphatic carbocycles. The SMILES string of the molecule is O=C1/C(=C\c2ccc(N3CCOCC3)cc2)Sc2ccccc21. The zero-order chi connectivity index (χ0) is 15.6. The van der Waals surface area contributed by atoms with E-state index in [0.29, 0.717) is 0 Å². The van der Waals surface area contributed by atoms with Gasteiger partial charge in [-0.15, -0.1) is 0 Å². The number of anilines is 1. The van der Waals surface area contributed by atoms with E-state index < -0.39 is 0 Å². The van der Waals surface area contributed by atoms with Crippen LogP contribution in [0.15, 0.2) is 58.3 Å². The molecule has 1 fully saturated rings. The minimum Gasteiger partial charge on any atom is -0.378 e. The summed E-state index contributed by atoms with van der Waals surface area (Å²) in [6.45, 7) is 3.44. The van der Waals surface area contributed by atoms with Crippen LogP contribution in [0, 0.1) is 0 Å². The summed E-state index contributed by atoms with van der Waals surface area (Å²) >= 11 is 1.56. The molecule has 2 aromatic carbocycles. The quantitative estimate of drug-likeness (QED) is 0.785. The monoisotopic (exact) mass is 323 g/mol. The van der Waals surface area contributed by atoms with Crippen LogP contribution in [0.3, 0.4) is 0 Å². The molecule has 2 aliphatic rings. The molecule has 0 atom stereocenters. The molecular weight excluding hydrogens is 306 g/mol. The normalized spacial score (nSPS) is 19.2. The predicted octanol–water partition coefficient (Wildman–Crippen LogP) is 3.85. The van der Waals surface area contributed by atoms with Gasteiger partial charge in [-0.25, -0.2) is 0 Å². The number of nitrogens with zero attached hydrogens (tertiary/aromatic N) is 1. The molecule has 23 heavy (non-hydrogen) atoms. The third-order valence-corrected chi connectivity index (χ3v) is 5.24. The molecule has 116 valence electrons. The number of carbonyl (C=O) groups is 1. The minimum atomic E-state index is 0.128. The minimum absolute atomic E-state index is 0.128. The molecule has 0 N–H and O–H groups in total. The third-order valence-electron chi connectivity index (χ3n) is 4.14. The number of fused-ring (bicyclic) bond motifs is 1. The number of ketones is 1. The second kappa shape index (κ2) is 6.22. The highest BCUT2D eigenvalue weighted by Gasteiger charge is 2.25. The summed E-state index contributed by atoms with van der Waals surface area (Å²) in [5.41, 5.74) is 3.09. The number of allylic oxidation sites excluding steroid dienone is 1. The van der Waals surface area contributed by atoms with E-state index in [9.17, 15) is 4.79 Å². The van der Waals surface area contributed by atoms with Crippen LogP contribution in [-0.4, -0.2) is 32.1 Å². The van der Waals surface area contributed by atoms with Crippen LogP contribution in [0.2, 0.25) is 0 Å². The van der Waals surface area contributed by atoms with Crippen molar-refractivity contribution in [2.24, 2.45) is 0 Å². The van der Waals surface area contributed by atoms with Gasteiger partial charge >= 0.3 is 0 Å². The van der Waals surface area contributed by atoms with E-state index in [0.717, 1.165) is 47.2 Å². The Bertz CT molecular complexity index is 761. The van der Waals surface area contributed by atoms with Gasteiger partial charge in [0.05, 0.1) is 18.1 Å². The highest BCUT2D eigenvalue weighted by molar-refractivity contribution is 8.04. The molecule has 0 saturated carbocycles. The lowest BCUT2D eigenvalue weighted by molar-refractivity contribution is 0.104. The van der Waals surface area contributed by atoms with Crippen LogP contribution in [0.4, 0.5) is 5.69 Å². The molecule has 0 unspecified atom stereocenters. The highest BCUT2D eigenvalue weighted by atomic mass is 32.2. The zero-order valence-electron chi connectivity index (χ0n) is 12.7. The van der Waals surface area contributed by atoms with Gasteiger partial charge in [0, 0.05) is 29.2 Å². The second-order valence-corrected chi connectivity index (χ2v) is 6.71. The van der Waals surface area contributed by atoms with Gasteiger partial charge in [0.25, 0.3) is 0 Å². The maximum absolute atomic E-state index is 12.4. The average molecular weight is 323 g/mol. The van der Waals surface area contributed by atoms with Gasteiger partial charge in [0.1, 0.15) is 0 Å². The van der Waals surface area contributed by atoms with Crippen LogP contribution in [0.25, 0.3) is 6.08 Å². The molecule has 4 heteroatoms. The van der Waals surface area contributed by atoms with Gasteiger partial charge < -0.3 is 9.64 Å². The van der Waals surface area contributed by atoms with E-state index in [-0.39, 0.29) is 5.78 Å². The van der Waals surface area contributed by atoms with E-state index >= 15 is 0 Å². The molecular formula is C19H17NO2S. The number of ether oxygens (including phenoxy) is 1. The average Bonchev–Trinajstić information content (AvgIpc) is 2.93. The van der Waals surface area contributed by atoms with Crippen molar-refractivity contribution in [2.75, 3.05) is 31.2 Å². The Balaban J connectivity index is 1.54. The number of carbonyl (C=O) groups excluding carboxylic acids is 1. The number of Topliss-reactive ketones (excluding diaryl/α,β-unsaturated/α-hetero) is 1. The maximum Gasteiger partial charge on any atom is 0.200 e. The van der Waals surface area contributed by atoms with Gasteiger partial charge in [0.15, 0.2) is 0 Å². The standard InChI is InChI=1S/C19H17NO2S/c21-19-16-3-1-2-4-17(16)23-18(19)13-14-5-7-15(8-6-14)20-9-11-22-12-10-20/h1-8,13H,9-12H2/b18-13+. The number of hydrogen-bond donors (Lipinski definition) is 0. The van der Waals surface area contributed by atoms with Crippen molar-refractivity contribution in [3.63, 3.8) is 0 Å². The van der Waals surface area contributed by atoms with Crippen molar-refractivity contribution in [3.05, 3.63) is 64.6 Å². The Morgan fingerprint density at radius 1 is 1.00 bits per heavy atom. The lowest BCUT2D eigenvalue weighted by Crippen LogP contribution is -2.36. The summed E-state index contributed by atoms with van der Waals surface area (Å²) in [7, 11) is 0. The van der Waals surface area contributed by atoms with Crippen LogP contribution in [0.5, 0.6) is 0 Å². The molecule has 2 heterocycles. The Hall–Kier alpha value is -2.04. The molecule has 0 bridgehead atoms. The zero-order valence-corrected chi connectivity index (χ0v) is 13.5. The van der Waals surface area contributed by atoms with Crippen LogP contribution in [0.1, 0.15) is 15.9 Å². The fourth-order valence-electron chi connectivity index (χ4n) is 2.89. The molecule has 0 amide bonds. The van der Waals surface area contributed by atoms with Crippen molar-refractivity contribution in [3.8, 4) is 0 Å². The van der Waals surface area contributed by atoms with Crippen molar-refractivity contribution in [1.29, 1.82) is 0 Å². The molecule has 1 saturated heterocycles. The van der Waals surface area contributed by atoms with E-state index in [1.165, 1.54) is 5.69 Å². The van der Waals surface area contributed by atoms with Crippen LogP contribution >= 0.6 is 11.8 Å². The lowest BCUT2D eigenvalue weighted by atomic mass is 10.1. The van der Waals surface area contributed by atoms with Gasteiger partial charge in [-0.3, -0.25) is 4.79 Å². The predicted molar refractivity (Wildman–Crippen MR) is 94.1 cm³/mol. The molecule has 4 rings (SSSR count). The molecule has 0 radical (unpaired) electrons. The number of hydrogen-bond acceptors (Lipinski definition) is 4. The maximum atomic E-state index is 12.4. The molecule has 2 aromatic rings. The summed E-state index contributed by atoms with van der Waals surface area (Å²) in [5.74, 6) is 0.128. The molecule has 0 aromatic heterocycles. The van der Waals surface area contributed by atoms with Gasteiger partial charge in [-0.2, -0.15) is 0 Å². The fourth-order valence-corrected chi connectivity index (χ4v) is 3.94. The van der Waals surface area contributed by atoms with Gasteiger partial charge in [-0.05, 0) is 35.9 Å². The summed E-state index contributed by atoms with van der Waals surface area (Å²) in [6, 6.07) is 16.2. The molecule has 3 nitrogen and oxygen atoms in total. The topological polar surface area (TPSA) is 29.5 Å². The number of thioether (sulfide) groups is 1. The Morgan fingerprint density at radius 2 is 1.74 bits per heavy atom. The third kappa shape index (κ3) is 2.92. The first-order chi connectivity index (χ1) is 11.3. The Labute approximate surface area is 139 Å². The van der Waals surface area contributed by atoms with Crippen LogP contribution < -0.4 is 4.90 Å². The van der Waals surface area contributed by atoms with Gasteiger partial charge in [-0.1, -0.05) is 36.0 Å². The first kappa shape index (κ1) is 14.5. The number of rotatable bonds is 2. The first-order valence-electron chi connectivity index (χ1n) is 7.77. The Morgan fingerprint density at radius 3 is 2.48 bits per heavy atom. The largest absolute Gasteiger partial charge is 0.378 e. The van der Waals surface area contributed by atoms with Crippen molar-refractivity contribution in [1.82, 2.24) is 0 Å². The summed E-state index contributed by atoms with van der Waals surface area (Å²) in [4.78, 5) is 16.6. The molecule has 2 aliphatic heterocycles. The molecule has 0 spiro atoms. The first-order valence-corrected chi connectivity index (χ1v) is 8.59. The number of morpholine rings is 1. The van der Waals surface area contributed by atoms with Gasteiger partial charge in [0.2, 0.25) is 5.78 Å². The van der Waals surface area contributed by atoms with E-state index in [1.54, 1.807) is 11.8 Å². The van der Waals surface area contributed by atoms with Crippen LogP contribution in [-0.2, 0) is 4.74 Å². The van der Waals surface area contributed by atoms with E-state index in [4.69, 9.17) is 4.74 Å². The van der Waals surface area contributed by atoms with E-state index in [1.807, 2.05) is 30.3 Å². The number of benzene rings is 2. The smallest absolute Gasteiger partial charge is 0.200 e. The Kier molecular flexibility index (Phi) is 3.93. The van der Waals surface area contributed by atoms with E-state index in [2.05, 4.69) is 29.2 Å².